The molecule has 6 nitrogen and oxygen atoms in total. The van der Waals surface area contributed by atoms with Crippen LogP contribution >= 0.6 is 47.2 Å². The first-order valence-electron chi connectivity index (χ1n) is 9.17. The molecule has 168 valence electrons. The molecule has 0 unspecified atom stereocenters. The van der Waals surface area contributed by atoms with Crippen LogP contribution in [0.5, 0.6) is 0 Å². The van der Waals surface area contributed by atoms with Gasteiger partial charge >= 0.3 is 0 Å². The molecule has 0 fully saturated rings. The zero-order chi connectivity index (χ0) is 22.2. The van der Waals surface area contributed by atoms with E-state index in [0.29, 0.717) is 38.5 Å². The van der Waals surface area contributed by atoms with Crippen molar-refractivity contribution in [2.75, 3.05) is 12.4 Å². The molecule has 0 radical (unpaired) electrons. The molecule has 0 amide bonds. The SMILES string of the molecule is CNCc1cn(S(=O)(=O)c2cccnc2)c2cc(Nc3c(Cl)cc(Cl)cc3Cl)ccc12.Cl. The van der Waals surface area contributed by atoms with Crippen molar-refractivity contribution in [1.82, 2.24) is 14.3 Å². The van der Waals surface area contributed by atoms with Crippen LogP contribution < -0.4 is 10.6 Å². The van der Waals surface area contributed by atoms with Crippen LogP contribution in [0, 0.1) is 0 Å². The first kappa shape index (κ1) is 24.6. The van der Waals surface area contributed by atoms with Crippen molar-refractivity contribution in [3.8, 4) is 0 Å². The minimum atomic E-state index is -3.85. The lowest BCUT2D eigenvalue weighted by molar-refractivity contribution is 0.588. The summed E-state index contributed by atoms with van der Waals surface area (Å²) in [6.45, 7) is 0.508. The largest absolute Gasteiger partial charge is 0.353 e. The lowest BCUT2D eigenvalue weighted by Crippen LogP contribution is -2.12. The molecular weight excluding hydrogens is 514 g/mol. The van der Waals surface area contributed by atoms with E-state index in [-0.39, 0.29) is 17.3 Å². The van der Waals surface area contributed by atoms with Gasteiger partial charge in [-0.15, -0.1) is 12.4 Å². The average molecular weight is 532 g/mol. The molecule has 2 N–H and O–H groups in total. The van der Waals surface area contributed by atoms with Crippen LogP contribution in [0.1, 0.15) is 5.56 Å². The van der Waals surface area contributed by atoms with Gasteiger partial charge in [-0.3, -0.25) is 4.98 Å². The number of hydrogen-bond acceptors (Lipinski definition) is 5. The van der Waals surface area contributed by atoms with Gasteiger partial charge in [-0.2, -0.15) is 0 Å². The molecule has 0 spiro atoms. The molecule has 0 aliphatic rings. The summed E-state index contributed by atoms with van der Waals surface area (Å²) in [5.41, 5.74) is 2.46. The predicted octanol–water partition coefficient (Wildman–Crippen LogP) is 6.12. The number of hydrogen-bond donors (Lipinski definition) is 2. The van der Waals surface area contributed by atoms with E-state index < -0.39 is 10.0 Å². The van der Waals surface area contributed by atoms with Crippen molar-refractivity contribution in [3.05, 3.63) is 81.7 Å². The van der Waals surface area contributed by atoms with Crippen molar-refractivity contribution in [3.63, 3.8) is 0 Å². The highest BCUT2D eigenvalue weighted by Crippen LogP contribution is 2.37. The molecule has 0 aliphatic heterocycles. The topological polar surface area (TPSA) is 76.0 Å². The van der Waals surface area contributed by atoms with E-state index in [1.807, 2.05) is 12.1 Å². The van der Waals surface area contributed by atoms with E-state index in [1.165, 1.54) is 22.4 Å². The Balaban J connectivity index is 0.00000289. The molecule has 2 heterocycles. The molecule has 0 aliphatic carbocycles. The van der Waals surface area contributed by atoms with Crippen molar-refractivity contribution in [2.45, 2.75) is 11.4 Å². The van der Waals surface area contributed by atoms with E-state index in [9.17, 15) is 8.42 Å². The summed E-state index contributed by atoms with van der Waals surface area (Å²) in [5, 5.41) is 8.17. The van der Waals surface area contributed by atoms with Gasteiger partial charge in [0.2, 0.25) is 0 Å². The monoisotopic (exact) mass is 530 g/mol. The minimum absolute atomic E-state index is 0. The number of rotatable bonds is 6. The third-order valence-corrected chi connectivity index (χ3v) is 7.16. The molecule has 4 aromatic rings. The second-order valence-corrected chi connectivity index (χ2v) is 9.84. The Morgan fingerprint density at radius 2 is 1.78 bits per heavy atom. The Morgan fingerprint density at radius 1 is 1.06 bits per heavy atom. The van der Waals surface area contributed by atoms with Gasteiger partial charge in [-0.05, 0) is 49.0 Å². The summed E-state index contributed by atoms with van der Waals surface area (Å²) < 4.78 is 27.9. The Labute approximate surface area is 207 Å². The summed E-state index contributed by atoms with van der Waals surface area (Å²) in [4.78, 5) is 4.04. The quantitative estimate of drug-likeness (QED) is 0.313. The Kier molecular flexibility index (Phi) is 7.60. The molecule has 2 aromatic carbocycles. The van der Waals surface area contributed by atoms with E-state index in [0.717, 1.165) is 10.9 Å². The molecule has 0 saturated heterocycles. The smallest absolute Gasteiger partial charge is 0.269 e. The number of benzene rings is 2. The zero-order valence-electron chi connectivity index (χ0n) is 16.6. The number of anilines is 2. The van der Waals surface area contributed by atoms with Crippen LogP contribution in [-0.4, -0.2) is 24.4 Å². The van der Waals surface area contributed by atoms with Gasteiger partial charge in [-0.25, -0.2) is 12.4 Å². The molecule has 2 aromatic heterocycles. The maximum Gasteiger partial charge on any atom is 0.269 e. The lowest BCUT2D eigenvalue weighted by Gasteiger charge is -2.12. The third kappa shape index (κ3) is 4.69. The maximum absolute atomic E-state index is 13.3. The van der Waals surface area contributed by atoms with Crippen LogP contribution in [0.2, 0.25) is 15.1 Å². The number of fused-ring (bicyclic) bond motifs is 1. The fourth-order valence-electron chi connectivity index (χ4n) is 3.29. The van der Waals surface area contributed by atoms with Crippen LogP contribution in [0.4, 0.5) is 11.4 Å². The number of aromatic nitrogens is 2. The Bertz CT molecular complexity index is 1350. The first-order chi connectivity index (χ1) is 14.8. The standard InChI is InChI=1S/C21H17Cl3N4O2S.ClH/c1-25-10-13-12-28(31(29,30)16-3-2-6-26-11-16)20-9-15(4-5-17(13)20)27-21-18(23)7-14(22)8-19(21)24;/h2-9,11-12,25,27H,10H2,1H3;1H. The van der Waals surface area contributed by atoms with E-state index in [4.69, 9.17) is 34.8 Å². The van der Waals surface area contributed by atoms with E-state index in [1.54, 1.807) is 37.5 Å². The second kappa shape index (κ2) is 9.87. The summed E-state index contributed by atoms with van der Waals surface area (Å²) in [6.07, 6.45) is 4.48. The van der Waals surface area contributed by atoms with Crippen molar-refractivity contribution in [2.24, 2.45) is 0 Å². The molecule has 32 heavy (non-hydrogen) atoms. The zero-order valence-corrected chi connectivity index (χ0v) is 20.5. The second-order valence-electron chi connectivity index (χ2n) is 6.78. The number of halogens is 4. The molecular formula is C21H18Cl4N4O2S. The van der Waals surface area contributed by atoms with Gasteiger partial charge in [0, 0.05) is 41.2 Å². The normalized spacial score (nSPS) is 11.4. The van der Waals surface area contributed by atoms with Crippen molar-refractivity contribution < 1.29 is 8.42 Å². The number of pyridine rings is 1. The molecule has 0 atom stereocenters. The molecule has 0 saturated carbocycles. The van der Waals surface area contributed by atoms with Crippen LogP contribution in [0.3, 0.4) is 0 Å². The van der Waals surface area contributed by atoms with E-state index in [2.05, 4.69) is 15.6 Å². The number of nitrogens with zero attached hydrogens (tertiary/aromatic N) is 2. The van der Waals surface area contributed by atoms with Gasteiger partial charge in [0.1, 0.15) is 4.90 Å². The highest BCUT2D eigenvalue weighted by molar-refractivity contribution is 7.90. The van der Waals surface area contributed by atoms with Gasteiger partial charge in [0.15, 0.2) is 0 Å². The molecule has 4 rings (SSSR count). The predicted molar refractivity (Wildman–Crippen MR) is 134 cm³/mol. The fraction of sp³-hybridized carbons (Fsp3) is 0.0952. The Hall–Kier alpha value is -2.00. The van der Waals surface area contributed by atoms with Gasteiger partial charge in [0.05, 0.1) is 21.2 Å². The minimum Gasteiger partial charge on any atom is -0.353 e. The van der Waals surface area contributed by atoms with Gasteiger partial charge < -0.3 is 10.6 Å². The third-order valence-electron chi connectivity index (χ3n) is 4.69. The average Bonchev–Trinajstić information content (AvgIpc) is 3.10. The highest BCUT2D eigenvalue weighted by atomic mass is 35.5. The van der Waals surface area contributed by atoms with Crippen molar-refractivity contribution >= 4 is 79.5 Å². The Morgan fingerprint density at radius 3 is 2.41 bits per heavy atom. The summed E-state index contributed by atoms with van der Waals surface area (Å²) in [6, 6.07) is 11.7. The first-order valence-corrected chi connectivity index (χ1v) is 11.7. The van der Waals surface area contributed by atoms with Crippen LogP contribution in [-0.2, 0) is 16.6 Å². The highest BCUT2D eigenvalue weighted by Gasteiger charge is 2.22. The fourth-order valence-corrected chi connectivity index (χ4v) is 5.55. The lowest BCUT2D eigenvalue weighted by atomic mass is 10.1. The molecule has 11 heteroatoms. The van der Waals surface area contributed by atoms with Crippen molar-refractivity contribution in [1.29, 1.82) is 0 Å². The summed E-state index contributed by atoms with van der Waals surface area (Å²) in [5.74, 6) is 0. The summed E-state index contributed by atoms with van der Waals surface area (Å²) >= 11 is 18.6. The van der Waals surface area contributed by atoms with Gasteiger partial charge in [0.25, 0.3) is 10.0 Å². The molecule has 0 bridgehead atoms. The number of nitrogens with one attached hydrogen (secondary N) is 2. The summed E-state index contributed by atoms with van der Waals surface area (Å²) in [7, 11) is -2.04. The maximum atomic E-state index is 13.3. The van der Waals surface area contributed by atoms with Crippen LogP contribution in [0.15, 0.2) is 66.0 Å². The van der Waals surface area contributed by atoms with E-state index >= 15 is 0 Å². The van der Waals surface area contributed by atoms with Gasteiger partial charge in [-0.1, -0.05) is 40.9 Å². The van der Waals surface area contributed by atoms with Crippen LogP contribution in [0.25, 0.3) is 10.9 Å².